The van der Waals surface area contributed by atoms with E-state index in [0.717, 1.165) is 72.0 Å². The monoisotopic (exact) mass is 648 g/mol. The number of anilines is 3. The molecule has 0 fully saturated rings. The van der Waals surface area contributed by atoms with E-state index in [-0.39, 0.29) is 0 Å². The van der Waals surface area contributed by atoms with Crippen molar-refractivity contribution in [3.63, 3.8) is 0 Å². The molecule has 51 heavy (non-hydrogen) atoms. The summed E-state index contributed by atoms with van der Waals surface area (Å²) in [5.74, 6) is 0. The van der Waals surface area contributed by atoms with Crippen molar-refractivity contribution in [3.05, 3.63) is 192 Å². The van der Waals surface area contributed by atoms with Crippen LogP contribution in [0.25, 0.3) is 59.8 Å². The zero-order valence-electron chi connectivity index (χ0n) is 27.5. The van der Waals surface area contributed by atoms with Gasteiger partial charge in [0.05, 0.1) is 29.8 Å². The fraction of sp³-hybridized carbons (Fsp3) is 0. The van der Waals surface area contributed by atoms with Crippen molar-refractivity contribution in [2.75, 3.05) is 4.90 Å². The zero-order valence-corrected chi connectivity index (χ0v) is 27.5. The normalized spacial score (nSPS) is 10.7. The Labute approximate surface area is 296 Å². The number of nitrogens with zero attached hydrogens (tertiary/aromatic N) is 4. The summed E-state index contributed by atoms with van der Waals surface area (Å²) in [5, 5.41) is 22.9. The van der Waals surface area contributed by atoms with Gasteiger partial charge in [0, 0.05) is 22.4 Å². The highest BCUT2D eigenvalue weighted by Gasteiger charge is 2.16. The highest BCUT2D eigenvalue weighted by atomic mass is 15.1. The van der Waals surface area contributed by atoms with Gasteiger partial charge in [0.2, 0.25) is 0 Å². The van der Waals surface area contributed by atoms with E-state index in [9.17, 15) is 10.5 Å². The number of benzene rings is 8. The zero-order chi connectivity index (χ0) is 34.7. The quantitative estimate of drug-likeness (QED) is 0.169. The van der Waals surface area contributed by atoms with E-state index >= 15 is 0 Å². The summed E-state index contributed by atoms with van der Waals surface area (Å²) in [4.78, 5) is 5.98. The Morgan fingerprint density at radius 3 is 1.33 bits per heavy atom. The molecule has 8 rings (SSSR count). The molecular formula is C47H28N4. The summed E-state index contributed by atoms with van der Waals surface area (Å²) in [6.45, 7) is 7.63. The van der Waals surface area contributed by atoms with Gasteiger partial charge in [-0.2, -0.15) is 10.5 Å². The van der Waals surface area contributed by atoms with Gasteiger partial charge in [-0.1, -0.05) is 115 Å². The summed E-state index contributed by atoms with van der Waals surface area (Å²) in [7, 11) is 0. The van der Waals surface area contributed by atoms with Gasteiger partial charge in [-0.05, 0) is 104 Å². The molecule has 0 saturated heterocycles. The maximum atomic E-state index is 9.69. The number of nitriles is 2. The average molecular weight is 649 g/mol. The van der Waals surface area contributed by atoms with Gasteiger partial charge in [0.25, 0.3) is 0 Å². The van der Waals surface area contributed by atoms with E-state index < -0.39 is 0 Å². The smallest absolute Gasteiger partial charge is 0.194 e. The van der Waals surface area contributed by atoms with E-state index in [4.69, 9.17) is 6.57 Å². The molecular weight excluding hydrogens is 621 g/mol. The Balaban J connectivity index is 1.20. The molecule has 0 aliphatic heterocycles. The Morgan fingerprint density at radius 2 is 0.843 bits per heavy atom. The Kier molecular flexibility index (Phi) is 8.00. The molecule has 0 atom stereocenters. The van der Waals surface area contributed by atoms with E-state index in [1.807, 2.05) is 84.9 Å². The first-order valence-corrected chi connectivity index (χ1v) is 16.6. The second kappa shape index (κ2) is 13.2. The van der Waals surface area contributed by atoms with E-state index in [0.29, 0.717) is 16.8 Å². The van der Waals surface area contributed by atoms with Gasteiger partial charge in [0.15, 0.2) is 5.69 Å². The summed E-state index contributed by atoms with van der Waals surface area (Å²) >= 11 is 0. The van der Waals surface area contributed by atoms with Crippen LogP contribution in [-0.2, 0) is 0 Å². The predicted octanol–water partition coefficient (Wildman–Crippen LogP) is 12.8. The predicted molar refractivity (Wildman–Crippen MR) is 208 cm³/mol. The Morgan fingerprint density at radius 1 is 0.412 bits per heavy atom. The van der Waals surface area contributed by atoms with Crippen LogP contribution < -0.4 is 4.90 Å². The highest BCUT2D eigenvalue weighted by molar-refractivity contribution is 6.04. The van der Waals surface area contributed by atoms with Crippen molar-refractivity contribution in [1.82, 2.24) is 0 Å². The van der Waals surface area contributed by atoms with Gasteiger partial charge < -0.3 is 4.90 Å². The fourth-order valence-corrected chi connectivity index (χ4v) is 6.85. The first kappa shape index (κ1) is 30.9. The SMILES string of the molecule is [C-]#[N+]c1ccc(-c2ccc(N(c3ccc(-c4ccc(C#N)cc4)cc3)c3ccc(-c4ccc(C#N)c5ccccc45)cc3)cc2)c2ccccc12. The van der Waals surface area contributed by atoms with Crippen molar-refractivity contribution < 1.29 is 0 Å². The molecule has 0 amide bonds. The van der Waals surface area contributed by atoms with Gasteiger partial charge in [0.1, 0.15) is 0 Å². The van der Waals surface area contributed by atoms with Crippen LogP contribution in [-0.4, -0.2) is 0 Å². The molecule has 8 aromatic carbocycles. The van der Waals surface area contributed by atoms with Crippen molar-refractivity contribution >= 4 is 44.3 Å². The molecule has 0 heterocycles. The van der Waals surface area contributed by atoms with Crippen molar-refractivity contribution in [2.45, 2.75) is 0 Å². The molecule has 236 valence electrons. The third kappa shape index (κ3) is 5.72. The highest BCUT2D eigenvalue weighted by Crippen LogP contribution is 2.40. The molecule has 8 aromatic rings. The van der Waals surface area contributed by atoms with Crippen LogP contribution in [0, 0.1) is 29.2 Å². The minimum absolute atomic E-state index is 0.637. The van der Waals surface area contributed by atoms with Crippen LogP contribution >= 0.6 is 0 Å². The topological polar surface area (TPSA) is 55.2 Å². The lowest BCUT2D eigenvalue weighted by Gasteiger charge is -2.26. The van der Waals surface area contributed by atoms with Gasteiger partial charge in [-0.15, -0.1) is 0 Å². The Bertz CT molecular complexity index is 2550. The number of hydrogen-bond acceptors (Lipinski definition) is 3. The first-order chi connectivity index (χ1) is 25.1. The molecule has 0 aromatic heterocycles. The van der Waals surface area contributed by atoms with Crippen LogP contribution in [0.1, 0.15) is 11.1 Å². The molecule has 0 aliphatic carbocycles. The average Bonchev–Trinajstić information content (AvgIpc) is 3.21. The molecule has 4 heteroatoms. The molecule has 0 spiro atoms. The van der Waals surface area contributed by atoms with Crippen LogP contribution in [0.5, 0.6) is 0 Å². The maximum absolute atomic E-state index is 9.69. The number of hydrogen-bond donors (Lipinski definition) is 0. The minimum atomic E-state index is 0.637. The van der Waals surface area contributed by atoms with Gasteiger partial charge in [-0.3, -0.25) is 0 Å². The molecule has 4 nitrogen and oxygen atoms in total. The summed E-state index contributed by atoms with van der Waals surface area (Å²) in [5.41, 5.74) is 11.4. The molecule has 0 bridgehead atoms. The van der Waals surface area contributed by atoms with Crippen molar-refractivity contribution in [1.29, 1.82) is 10.5 Å². The minimum Gasteiger partial charge on any atom is -0.311 e. The van der Waals surface area contributed by atoms with Crippen molar-refractivity contribution in [3.8, 4) is 45.5 Å². The molecule has 0 N–H and O–H groups in total. The third-order valence-electron chi connectivity index (χ3n) is 9.41. The van der Waals surface area contributed by atoms with E-state index in [1.54, 1.807) is 0 Å². The molecule has 0 radical (unpaired) electrons. The van der Waals surface area contributed by atoms with Gasteiger partial charge >= 0.3 is 0 Å². The largest absolute Gasteiger partial charge is 0.311 e. The van der Waals surface area contributed by atoms with Crippen LogP contribution in [0.2, 0.25) is 0 Å². The lowest BCUT2D eigenvalue weighted by Crippen LogP contribution is -2.09. The molecule has 0 unspecified atom stereocenters. The third-order valence-corrected chi connectivity index (χ3v) is 9.41. The summed E-state index contributed by atoms with van der Waals surface area (Å²) in [6.07, 6.45) is 0. The maximum Gasteiger partial charge on any atom is 0.194 e. The molecule has 0 saturated carbocycles. The van der Waals surface area contributed by atoms with E-state index in [2.05, 4.69) is 107 Å². The van der Waals surface area contributed by atoms with Crippen LogP contribution in [0.15, 0.2) is 170 Å². The summed E-state index contributed by atoms with van der Waals surface area (Å²) in [6, 6.07) is 61.7. The molecule has 0 aliphatic rings. The second-order valence-electron chi connectivity index (χ2n) is 12.3. The Hall–Kier alpha value is -7.45. The summed E-state index contributed by atoms with van der Waals surface area (Å²) < 4.78 is 0. The van der Waals surface area contributed by atoms with Crippen molar-refractivity contribution in [2.24, 2.45) is 0 Å². The lowest BCUT2D eigenvalue weighted by atomic mass is 9.95. The second-order valence-corrected chi connectivity index (χ2v) is 12.3. The van der Waals surface area contributed by atoms with Gasteiger partial charge in [-0.25, -0.2) is 4.85 Å². The van der Waals surface area contributed by atoms with E-state index in [1.165, 1.54) is 0 Å². The standard InChI is InChI=1S/C47H28N4/c1-50-47-29-28-43(45-8-4-5-9-46(45)47)36-18-25-40(26-19-36)51(38-21-14-34(15-22-38)33-12-10-32(30-48)11-13-33)39-23-16-35(17-24-39)42-27-20-37(31-49)41-6-2-3-7-44(41)42/h2-29H. The van der Waals surface area contributed by atoms with Crippen LogP contribution in [0.3, 0.4) is 0 Å². The van der Waals surface area contributed by atoms with Crippen LogP contribution in [0.4, 0.5) is 22.7 Å². The number of rotatable bonds is 6. The lowest BCUT2D eigenvalue weighted by molar-refractivity contribution is 1.28. The first-order valence-electron chi connectivity index (χ1n) is 16.6. The number of fused-ring (bicyclic) bond motifs is 2. The fourth-order valence-electron chi connectivity index (χ4n) is 6.85.